The van der Waals surface area contributed by atoms with Crippen LogP contribution in [0.15, 0.2) is 0 Å². The van der Waals surface area contributed by atoms with Gasteiger partial charge in [0.05, 0.1) is 5.60 Å². The molecule has 0 aromatic carbocycles. The van der Waals surface area contributed by atoms with Gasteiger partial charge in [0.2, 0.25) is 0 Å². The first-order valence-corrected chi connectivity index (χ1v) is 4.86. The summed E-state index contributed by atoms with van der Waals surface area (Å²) in [6.07, 6.45) is 2.38. The second kappa shape index (κ2) is 3.75. The minimum Gasteiger partial charge on any atom is -0.376 e. The summed E-state index contributed by atoms with van der Waals surface area (Å²) in [5.41, 5.74) is 0.0913. The second-order valence-corrected chi connectivity index (χ2v) is 4.44. The number of hydrogen-bond donors (Lipinski definition) is 1. The SMILES string of the molecule is CNC(C)C1CCOC(C)(C)C1. The number of nitrogens with one attached hydrogen (secondary N) is 1. The first kappa shape index (κ1) is 10.0. The van der Waals surface area contributed by atoms with E-state index in [0.717, 1.165) is 12.5 Å². The van der Waals surface area contributed by atoms with Gasteiger partial charge >= 0.3 is 0 Å². The van der Waals surface area contributed by atoms with Crippen LogP contribution in [0.1, 0.15) is 33.6 Å². The van der Waals surface area contributed by atoms with Gasteiger partial charge in [0.25, 0.3) is 0 Å². The van der Waals surface area contributed by atoms with Crippen LogP contribution in [0.5, 0.6) is 0 Å². The summed E-state index contributed by atoms with van der Waals surface area (Å²) >= 11 is 0. The lowest BCUT2D eigenvalue weighted by atomic mass is 9.84. The van der Waals surface area contributed by atoms with Crippen LogP contribution in [0.2, 0.25) is 0 Å². The van der Waals surface area contributed by atoms with Gasteiger partial charge < -0.3 is 10.1 Å². The highest BCUT2D eigenvalue weighted by atomic mass is 16.5. The topological polar surface area (TPSA) is 21.3 Å². The highest BCUT2D eigenvalue weighted by Gasteiger charge is 2.30. The third kappa shape index (κ3) is 2.46. The van der Waals surface area contributed by atoms with Gasteiger partial charge in [-0.3, -0.25) is 0 Å². The molecule has 0 amide bonds. The molecular weight excluding hydrogens is 150 g/mol. The van der Waals surface area contributed by atoms with Gasteiger partial charge in [0.15, 0.2) is 0 Å². The summed E-state index contributed by atoms with van der Waals surface area (Å²) in [7, 11) is 2.03. The Labute approximate surface area is 75.7 Å². The highest BCUT2D eigenvalue weighted by Crippen LogP contribution is 2.30. The van der Waals surface area contributed by atoms with Crippen LogP contribution in [0, 0.1) is 5.92 Å². The van der Waals surface area contributed by atoms with E-state index >= 15 is 0 Å². The Balaban J connectivity index is 2.46. The van der Waals surface area contributed by atoms with Crippen molar-refractivity contribution in [2.24, 2.45) is 5.92 Å². The third-order valence-corrected chi connectivity index (χ3v) is 2.90. The maximum atomic E-state index is 5.66. The van der Waals surface area contributed by atoms with Crippen molar-refractivity contribution in [1.82, 2.24) is 5.32 Å². The molecule has 0 saturated carbocycles. The quantitative estimate of drug-likeness (QED) is 0.684. The van der Waals surface area contributed by atoms with Crippen LogP contribution in [0.3, 0.4) is 0 Å². The molecule has 2 atom stereocenters. The Hall–Kier alpha value is -0.0800. The van der Waals surface area contributed by atoms with Gasteiger partial charge in [0, 0.05) is 12.6 Å². The van der Waals surface area contributed by atoms with E-state index in [4.69, 9.17) is 4.74 Å². The molecule has 1 heterocycles. The van der Waals surface area contributed by atoms with Crippen molar-refractivity contribution in [3.8, 4) is 0 Å². The number of rotatable bonds is 2. The fourth-order valence-electron chi connectivity index (χ4n) is 1.94. The van der Waals surface area contributed by atoms with Crippen molar-refractivity contribution in [1.29, 1.82) is 0 Å². The zero-order chi connectivity index (χ0) is 9.19. The molecule has 1 N–H and O–H groups in total. The molecule has 0 spiro atoms. The zero-order valence-corrected chi connectivity index (χ0v) is 8.68. The van der Waals surface area contributed by atoms with Crippen molar-refractivity contribution in [2.75, 3.05) is 13.7 Å². The highest BCUT2D eigenvalue weighted by molar-refractivity contribution is 4.83. The standard InChI is InChI=1S/C10H21NO/c1-8(11-4)9-5-6-12-10(2,3)7-9/h8-9,11H,5-7H2,1-4H3. The van der Waals surface area contributed by atoms with E-state index in [1.165, 1.54) is 12.8 Å². The molecule has 0 radical (unpaired) electrons. The van der Waals surface area contributed by atoms with Crippen molar-refractivity contribution >= 4 is 0 Å². The number of hydrogen-bond acceptors (Lipinski definition) is 2. The van der Waals surface area contributed by atoms with Crippen LogP contribution in [-0.4, -0.2) is 25.3 Å². The molecule has 0 aliphatic carbocycles. The molecule has 2 heteroatoms. The minimum atomic E-state index is 0.0913. The predicted molar refractivity (Wildman–Crippen MR) is 51.3 cm³/mol. The van der Waals surface area contributed by atoms with Gasteiger partial charge in [-0.25, -0.2) is 0 Å². The van der Waals surface area contributed by atoms with E-state index in [1.807, 2.05) is 7.05 Å². The maximum Gasteiger partial charge on any atom is 0.0629 e. The Bertz CT molecular complexity index is 145. The molecule has 1 aliphatic heterocycles. The minimum absolute atomic E-state index is 0.0913. The molecule has 0 aromatic heterocycles. The molecule has 1 aliphatic rings. The molecule has 1 fully saturated rings. The third-order valence-electron chi connectivity index (χ3n) is 2.90. The molecule has 2 nitrogen and oxygen atoms in total. The van der Waals surface area contributed by atoms with Crippen LogP contribution < -0.4 is 5.32 Å². The normalized spacial score (nSPS) is 31.5. The van der Waals surface area contributed by atoms with Gasteiger partial charge in [-0.2, -0.15) is 0 Å². The van der Waals surface area contributed by atoms with E-state index in [2.05, 4.69) is 26.1 Å². The van der Waals surface area contributed by atoms with Crippen LogP contribution in [0.25, 0.3) is 0 Å². The van der Waals surface area contributed by atoms with E-state index < -0.39 is 0 Å². The summed E-state index contributed by atoms with van der Waals surface area (Å²) < 4.78 is 5.66. The summed E-state index contributed by atoms with van der Waals surface area (Å²) in [4.78, 5) is 0. The van der Waals surface area contributed by atoms with E-state index in [-0.39, 0.29) is 5.60 Å². The van der Waals surface area contributed by atoms with Crippen molar-refractivity contribution in [3.05, 3.63) is 0 Å². The monoisotopic (exact) mass is 171 g/mol. The summed E-state index contributed by atoms with van der Waals surface area (Å²) in [6.45, 7) is 7.54. The van der Waals surface area contributed by atoms with Crippen molar-refractivity contribution in [3.63, 3.8) is 0 Å². The fourth-order valence-corrected chi connectivity index (χ4v) is 1.94. The lowest BCUT2D eigenvalue weighted by Crippen LogP contribution is -2.41. The largest absolute Gasteiger partial charge is 0.376 e. The maximum absolute atomic E-state index is 5.66. The first-order valence-electron chi connectivity index (χ1n) is 4.86. The molecule has 1 saturated heterocycles. The van der Waals surface area contributed by atoms with Gasteiger partial charge in [-0.1, -0.05) is 0 Å². The van der Waals surface area contributed by atoms with E-state index in [9.17, 15) is 0 Å². The Morgan fingerprint density at radius 3 is 2.67 bits per heavy atom. The summed E-state index contributed by atoms with van der Waals surface area (Å²) in [5, 5.41) is 3.32. The molecule has 0 aromatic rings. The van der Waals surface area contributed by atoms with Crippen molar-refractivity contribution in [2.45, 2.75) is 45.3 Å². The smallest absolute Gasteiger partial charge is 0.0629 e. The molecule has 0 bridgehead atoms. The van der Waals surface area contributed by atoms with Crippen LogP contribution >= 0.6 is 0 Å². The second-order valence-electron chi connectivity index (χ2n) is 4.44. The Kier molecular flexibility index (Phi) is 3.13. The Morgan fingerprint density at radius 2 is 2.17 bits per heavy atom. The fraction of sp³-hybridized carbons (Fsp3) is 1.00. The molecule has 1 rings (SSSR count). The summed E-state index contributed by atoms with van der Waals surface area (Å²) in [6, 6.07) is 0.619. The van der Waals surface area contributed by atoms with E-state index in [1.54, 1.807) is 0 Å². The van der Waals surface area contributed by atoms with Crippen LogP contribution in [0.4, 0.5) is 0 Å². The lowest BCUT2D eigenvalue weighted by Gasteiger charge is -2.38. The van der Waals surface area contributed by atoms with Gasteiger partial charge in [-0.05, 0) is 46.6 Å². The van der Waals surface area contributed by atoms with Gasteiger partial charge in [-0.15, -0.1) is 0 Å². The predicted octanol–water partition coefficient (Wildman–Crippen LogP) is 1.80. The average Bonchev–Trinajstić information content (AvgIpc) is 2.01. The Morgan fingerprint density at radius 1 is 1.50 bits per heavy atom. The molecule has 72 valence electrons. The summed E-state index contributed by atoms with van der Waals surface area (Å²) in [5.74, 6) is 0.777. The lowest BCUT2D eigenvalue weighted by molar-refractivity contribution is -0.0769. The van der Waals surface area contributed by atoms with Crippen LogP contribution in [-0.2, 0) is 4.74 Å². The van der Waals surface area contributed by atoms with E-state index in [0.29, 0.717) is 6.04 Å². The molecule has 2 unspecified atom stereocenters. The van der Waals surface area contributed by atoms with Crippen molar-refractivity contribution < 1.29 is 4.74 Å². The average molecular weight is 171 g/mol. The molecule has 12 heavy (non-hydrogen) atoms. The molecular formula is C10H21NO. The first-order chi connectivity index (χ1) is 5.55. The number of ether oxygens (including phenoxy) is 1. The van der Waals surface area contributed by atoms with Gasteiger partial charge in [0.1, 0.15) is 0 Å². The zero-order valence-electron chi connectivity index (χ0n) is 8.68.